The molecule has 116 valence electrons. The molecule has 6 heteroatoms. The second-order valence-electron chi connectivity index (χ2n) is 5.00. The summed E-state index contributed by atoms with van der Waals surface area (Å²) in [4.78, 5) is 15.9. The van der Waals surface area contributed by atoms with Crippen molar-refractivity contribution in [2.24, 2.45) is 0 Å². The Morgan fingerprint density at radius 1 is 1.22 bits per heavy atom. The molecule has 2 heterocycles. The number of hydrogen-bond donors (Lipinski definition) is 1. The number of carbonyl (C=O) groups is 1. The van der Waals surface area contributed by atoms with E-state index in [2.05, 4.69) is 15.5 Å². The molecule has 0 radical (unpaired) electrons. The monoisotopic (exact) mass is 311 g/mol. The number of halogens is 1. The summed E-state index contributed by atoms with van der Waals surface area (Å²) in [5, 5.41) is 6.66. The van der Waals surface area contributed by atoms with E-state index in [9.17, 15) is 9.18 Å². The zero-order chi connectivity index (χ0) is 16.1. The summed E-state index contributed by atoms with van der Waals surface area (Å²) in [5.41, 5.74) is 2.15. The van der Waals surface area contributed by atoms with Gasteiger partial charge in [0.1, 0.15) is 5.82 Å². The van der Waals surface area contributed by atoms with Crippen LogP contribution >= 0.6 is 0 Å². The van der Waals surface area contributed by atoms with Crippen LogP contribution in [0.1, 0.15) is 11.3 Å². The lowest BCUT2D eigenvalue weighted by Crippen LogP contribution is -2.24. The van der Waals surface area contributed by atoms with Gasteiger partial charge in [-0.3, -0.25) is 9.78 Å². The minimum absolute atomic E-state index is 0.116. The molecule has 23 heavy (non-hydrogen) atoms. The largest absolute Gasteiger partial charge is 0.356 e. The smallest absolute Gasteiger partial charge is 0.226 e. The molecule has 5 nitrogen and oxygen atoms in total. The van der Waals surface area contributed by atoms with E-state index in [1.54, 1.807) is 30.6 Å². The number of hydrogen-bond acceptors (Lipinski definition) is 4. The maximum atomic E-state index is 12.9. The molecule has 0 saturated heterocycles. The zero-order valence-electron chi connectivity index (χ0n) is 12.2. The van der Waals surface area contributed by atoms with Crippen LogP contribution in [0.25, 0.3) is 11.3 Å². The highest BCUT2D eigenvalue weighted by molar-refractivity contribution is 5.78. The Balaban J connectivity index is 1.58. The standard InChI is InChI=1S/C17H14FN3O2/c18-14-5-3-13(4-6-14)16-8-15(21-23-16)9-17(22)20-11-12-2-1-7-19-10-12/h1-8,10H,9,11H2,(H,20,22). The van der Waals surface area contributed by atoms with Crippen molar-refractivity contribution < 1.29 is 13.7 Å². The van der Waals surface area contributed by atoms with Gasteiger partial charge in [-0.1, -0.05) is 11.2 Å². The van der Waals surface area contributed by atoms with E-state index in [1.807, 2.05) is 12.1 Å². The lowest BCUT2D eigenvalue weighted by molar-refractivity contribution is -0.120. The molecule has 3 rings (SSSR count). The summed E-state index contributed by atoms with van der Waals surface area (Å²) in [5.74, 6) is 0.0242. The SMILES string of the molecule is O=C(Cc1cc(-c2ccc(F)cc2)on1)NCc1cccnc1. The maximum Gasteiger partial charge on any atom is 0.226 e. The number of nitrogens with zero attached hydrogens (tertiary/aromatic N) is 2. The molecule has 0 bridgehead atoms. The molecule has 1 amide bonds. The first-order valence-corrected chi connectivity index (χ1v) is 7.08. The van der Waals surface area contributed by atoms with Gasteiger partial charge >= 0.3 is 0 Å². The van der Waals surface area contributed by atoms with Crippen LogP contribution in [0.3, 0.4) is 0 Å². The molecule has 0 unspecified atom stereocenters. The first-order chi connectivity index (χ1) is 11.2. The van der Waals surface area contributed by atoms with Crippen molar-refractivity contribution in [3.05, 3.63) is 71.9 Å². The predicted octanol–water partition coefficient (Wildman–Crippen LogP) is 2.73. The fraction of sp³-hybridized carbons (Fsp3) is 0.118. The molecular formula is C17H14FN3O2. The molecule has 0 aliphatic carbocycles. The molecule has 1 N–H and O–H groups in total. The van der Waals surface area contributed by atoms with Gasteiger partial charge < -0.3 is 9.84 Å². The predicted molar refractivity (Wildman–Crippen MR) is 81.7 cm³/mol. The number of rotatable bonds is 5. The first-order valence-electron chi connectivity index (χ1n) is 7.08. The number of benzene rings is 1. The minimum atomic E-state index is -0.316. The van der Waals surface area contributed by atoms with Crippen molar-refractivity contribution in [3.8, 4) is 11.3 Å². The Hall–Kier alpha value is -3.02. The fourth-order valence-electron chi connectivity index (χ4n) is 2.08. The zero-order valence-corrected chi connectivity index (χ0v) is 12.2. The molecule has 3 aromatic rings. The van der Waals surface area contributed by atoms with Gasteiger partial charge in [0.15, 0.2) is 5.76 Å². The van der Waals surface area contributed by atoms with Crippen LogP contribution in [0, 0.1) is 5.82 Å². The molecular weight excluding hydrogens is 297 g/mol. The highest BCUT2D eigenvalue weighted by Gasteiger charge is 2.10. The summed E-state index contributed by atoms with van der Waals surface area (Å²) in [6, 6.07) is 11.3. The average molecular weight is 311 g/mol. The van der Waals surface area contributed by atoms with Crippen LogP contribution in [0.5, 0.6) is 0 Å². The number of amides is 1. The summed E-state index contributed by atoms with van der Waals surface area (Å²) >= 11 is 0. The Morgan fingerprint density at radius 3 is 2.78 bits per heavy atom. The highest BCUT2D eigenvalue weighted by atomic mass is 19.1. The van der Waals surface area contributed by atoms with Gasteiger partial charge in [0.05, 0.1) is 12.1 Å². The quantitative estimate of drug-likeness (QED) is 0.786. The highest BCUT2D eigenvalue weighted by Crippen LogP contribution is 2.20. The van der Waals surface area contributed by atoms with Crippen LogP contribution in [0.2, 0.25) is 0 Å². The van der Waals surface area contributed by atoms with Crippen LogP contribution in [-0.2, 0) is 17.8 Å². The lowest BCUT2D eigenvalue weighted by Gasteiger charge is -2.02. The molecule has 0 saturated carbocycles. The molecule has 0 spiro atoms. The fourth-order valence-corrected chi connectivity index (χ4v) is 2.08. The summed E-state index contributed by atoms with van der Waals surface area (Å²) in [6.07, 6.45) is 3.49. The van der Waals surface area contributed by atoms with E-state index >= 15 is 0 Å². The van der Waals surface area contributed by atoms with Gasteiger partial charge in [0.2, 0.25) is 5.91 Å². The summed E-state index contributed by atoms with van der Waals surface area (Å²) in [6.45, 7) is 0.412. The van der Waals surface area contributed by atoms with Gasteiger partial charge in [0.25, 0.3) is 0 Å². The number of aromatic nitrogens is 2. The van der Waals surface area contributed by atoms with Crippen molar-refractivity contribution in [1.82, 2.24) is 15.5 Å². The van der Waals surface area contributed by atoms with Crippen molar-refractivity contribution in [2.75, 3.05) is 0 Å². The van der Waals surface area contributed by atoms with E-state index in [1.165, 1.54) is 12.1 Å². The van der Waals surface area contributed by atoms with Crippen LogP contribution < -0.4 is 5.32 Å². The van der Waals surface area contributed by atoms with E-state index in [0.717, 1.165) is 5.56 Å². The van der Waals surface area contributed by atoms with Crippen molar-refractivity contribution in [1.29, 1.82) is 0 Å². The topological polar surface area (TPSA) is 68.0 Å². The van der Waals surface area contributed by atoms with Crippen molar-refractivity contribution in [2.45, 2.75) is 13.0 Å². The van der Waals surface area contributed by atoms with E-state index in [-0.39, 0.29) is 18.1 Å². The third kappa shape index (κ3) is 4.00. The van der Waals surface area contributed by atoms with E-state index in [4.69, 9.17) is 4.52 Å². The molecule has 0 atom stereocenters. The van der Waals surface area contributed by atoms with Gasteiger partial charge in [-0.05, 0) is 35.9 Å². The second kappa shape index (κ2) is 6.83. The molecule has 1 aromatic carbocycles. The number of nitrogens with one attached hydrogen (secondary N) is 1. The third-order valence-corrected chi connectivity index (χ3v) is 3.24. The van der Waals surface area contributed by atoms with Crippen LogP contribution in [0.4, 0.5) is 4.39 Å². The average Bonchev–Trinajstić information content (AvgIpc) is 3.03. The Labute approximate surface area is 132 Å². The summed E-state index contributed by atoms with van der Waals surface area (Å²) < 4.78 is 18.1. The lowest BCUT2D eigenvalue weighted by atomic mass is 10.1. The normalized spacial score (nSPS) is 10.5. The third-order valence-electron chi connectivity index (χ3n) is 3.24. The van der Waals surface area contributed by atoms with Gasteiger partial charge in [0, 0.05) is 30.6 Å². The summed E-state index contributed by atoms with van der Waals surface area (Å²) in [7, 11) is 0. The number of carbonyl (C=O) groups excluding carboxylic acids is 1. The van der Waals surface area contributed by atoms with Gasteiger partial charge in [-0.15, -0.1) is 0 Å². The van der Waals surface area contributed by atoms with Gasteiger partial charge in [-0.25, -0.2) is 4.39 Å². The van der Waals surface area contributed by atoms with Gasteiger partial charge in [-0.2, -0.15) is 0 Å². The minimum Gasteiger partial charge on any atom is -0.356 e. The van der Waals surface area contributed by atoms with Crippen LogP contribution in [0.15, 0.2) is 59.4 Å². The second-order valence-corrected chi connectivity index (χ2v) is 5.00. The number of pyridine rings is 1. The molecule has 2 aromatic heterocycles. The maximum absolute atomic E-state index is 12.9. The Kier molecular flexibility index (Phi) is 4.42. The first kappa shape index (κ1) is 14.9. The molecule has 0 aliphatic rings. The Bertz CT molecular complexity index is 785. The molecule has 0 fully saturated rings. The van der Waals surface area contributed by atoms with E-state index < -0.39 is 0 Å². The molecule has 0 aliphatic heterocycles. The van der Waals surface area contributed by atoms with E-state index in [0.29, 0.717) is 23.6 Å². The Morgan fingerprint density at radius 2 is 2.04 bits per heavy atom. The van der Waals surface area contributed by atoms with Crippen molar-refractivity contribution in [3.63, 3.8) is 0 Å². The van der Waals surface area contributed by atoms with Crippen LogP contribution in [-0.4, -0.2) is 16.0 Å². The van der Waals surface area contributed by atoms with Crippen molar-refractivity contribution >= 4 is 5.91 Å².